The first-order valence-corrected chi connectivity index (χ1v) is 4.95. The normalized spacial score (nSPS) is 17.8. The smallest absolute Gasteiger partial charge is 0.227 e. The number of hydrogen-bond donors (Lipinski definition) is 2. The van der Waals surface area contributed by atoms with Crippen LogP contribution in [0.25, 0.3) is 0 Å². The minimum Gasteiger partial charge on any atom is -0.368 e. The molecule has 14 heavy (non-hydrogen) atoms. The molecule has 1 aromatic rings. The Morgan fingerprint density at radius 2 is 2.36 bits per heavy atom. The van der Waals surface area contributed by atoms with E-state index in [1.54, 1.807) is 0 Å². The molecule has 1 saturated carbocycles. The molecule has 1 unspecified atom stereocenters. The Balaban J connectivity index is 1.88. The van der Waals surface area contributed by atoms with Gasteiger partial charge in [-0.1, -0.05) is 12.8 Å². The maximum Gasteiger partial charge on any atom is 0.227 e. The molecule has 0 saturated heterocycles. The van der Waals surface area contributed by atoms with E-state index in [-0.39, 0.29) is 5.95 Å². The molecule has 76 valence electrons. The van der Waals surface area contributed by atoms with Gasteiger partial charge in [0.1, 0.15) is 6.33 Å². The summed E-state index contributed by atoms with van der Waals surface area (Å²) >= 11 is 0. The lowest BCUT2D eigenvalue weighted by molar-refractivity contribution is 0.637. The molecule has 5 nitrogen and oxygen atoms in total. The quantitative estimate of drug-likeness (QED) is 0.747. The third-order valence-electron chi connectivity index (χ3n) is 2.35. The third-order valence-corrected chi connectivity index (χ3v) is 2.35. The molecular weight excluding hydrogens is 178 g/mol. The second kappa shape index (κ2) is 3.77. The Morgan fingerprint density at radius 3 is 3.00 bits per heavy atom. The first kappa shape index (κ1) is 9.18. The van der Waals surface area contributed by atoms with Crippen LogP contribution in [0.1, 0.15) is 26.2 Å². The third kappa shape index (κ3) is 2.55. The van der Waals surface area contributed by atoms with Crippen LogP contribution in [-0.2, 0) is 0 Å². The number of hydrogen-bond acceptors (Lipinski definition) is 5. The average Bonchev–Trinajstić information content (AvgIpc) is 2.87. The Hall–Kier alpha value is -1.39. The molecule has 5 heteroatoms. The fraction of sp³-hybridized carbons (Fsp3) is 0.667. The lowest BCUT2D eigenvalue weighted by atomic mass is 10.2. The van der Waals surface area contributed by atoms with E-state index in [1.807, 2.05) is 0 Å². The van der Waals surface area contributed by atoms with Gasteiger partial charge >= 0.3 is 0 Å². The number of nitrogens with zero attached hydrogens (tertiary/aromatic N) is 3. The SMILES string of the molecule is CC(CC1CC1)Nc1ncnc(N)n1. The fourth-order valence-electron chi connectivity index (χ4n) is 1.51. The lowest BCUT2D eigenvalue weighted by Crippen LogP contribution is -2.18. The number of rotatable bonds is 4. The largest absolute Gasteiger partial charge is 0.368 e. The molecule has 0 bridgehead atoms. The average molecular weight is 193 g/mol. The molecule has 1 aliphatic rings. The van der Waals surface area contributed by atoms with Crippen molar-refractivity contribution in [2.24, 2.45) is 5.92 Å². The minimum absolute atomic E-state index is 0.265. The van der Waals surface area contributed by atoms with Gasteiger partial charge in [-0.3, -0.25) is 0 Å². The molecular formula is C9H15N5. The van der Waals surface area contributed by atoms with Crippen LogP contribution in [-0.4, -0.2) is 21.0 Å². The summed E-state index contributed by atoms with van der Waals surface area (Å²) in [5.41, 5.74) is 5.45. The van der Waals surface area contributed by atoms with Crippen molar-refractivity contribution in [3.05, 3.63) is 6.33 Å². The minimum atomic E-state index is 0.265. The summed E-state index contributed by atoms with van der Waals surface area (Å²) in [7, 11) is 0. The predicted molar refractivity (Wildman–Crippen MR) is 54.7 cm³/mol. The number of nitrogens with two attached hydrogens (primary N) is 1. The van der Waals surface area contributed by atoms with Crippen molar-refractivity contribution in [3.63, 3.8) is 0 Å². The molecule has 1 aromatic heterocycles. The molecule has 0 radical (unpaired) electrons. The Bertz CT molecular complexity index is 310. The van der Waals surface area contributed by atoms with Gasteiger partial charge in [0.15, 0.2) is 0 Å². The molecule has 2 rings (SSSR count). The van der Waals surface area contributed by atoms with Gasteiger partial charge in [0.25, 0.3) is 0 Å². The number of anilines is 2. The van der Waals surface area contributed by atoms with E-state index in [0.717, 1.165) is 5.92 Å². The zero-order valence-corrected chi connectivity index (χ0v) is 8.27. The van der Waals surface area contributed by atoms with Crippen molar-refractivity contribution in [1.29, 1.82) is 0 Å². The van der Waals surface area contributed by atoms with Crippen molar-refractivity contribution in [3.8, 4) is 0 Å². The molecule has 0 spiro atoms. The maximum absolute atomic E-state index is 5.45. The van der Waals surface area contributed by atoms with E-state index < -0.39 is 0 Å². The molecule has 0 amide bonds. The van der Waals surface area contributed by atoms with Crippen LogP contribution in [0.5, 0.6) is 0 Å². The first-order chi connectivity index (χ1) is 6.74. The fourth-order valence-corrected chi connectivity index (χ4v) is 1.51. The van der Waals surface area contributed by atoms with Crippen LogP contribution >= 0.6 is 0 Å². The predicted octanol–water partition coefficient (Wildman–Crippen LogP) is 1.05. The monoisotopic (exact) mass is 193 g/mol. The van der Waals surface area contributed by atoms with Crippen LogP contribution in [0.2, 0.25) is 0 Å². The van der Waals surface area contributed by atoms with Crippen LogP contribution in [0.3, 0.4) is 0 Å². The lowest BCUT2D eigenvalue weighted by Gasteiger charge is -2.12. The Kier molecular flexibility index (Phi) is 2.47. The maximum atomic E-state index is 5.45. The first-order valence-electron chi connectivity index (χ1n) is 4.95. The Labute approximate surface area is 83.2 Å². The van der Waals surface area contributed by atoms with Crippen molar-refractivity contribution >= 4 is 11.9 Å². The molecule has 1 atom stereocenters. The second-order valence-electron chi connectivity index (χ2n) is 3.89. The summed E-state index contributed by atoms with van der Waals surface area (Å²) < 4.78 is 0. The standard InChI is InChI=1S/C9H15N5/c1-6(4-7-2-3-7)13-9-12-5-11-8(10)14-9/h5-7H,2-4H2,1H3,(H3,10,11,12,13,14). The number of nitrogens with one attached hydrogen (secondary N) is 1. The summed E-state index contributed by atoms with van der Waals surface area (Å²) in [6.07, 6.45) is 5.34. The van der Waals surface area contributed by atoms with E-state index in [2.05, 4.69) is 27.2 Å². The second-order valence-corrected chi connectivity index (χ2v) is 3.89. The summed E-state index contributed by atoms with van der Waals surface area (Å²) in [5, 5.41) is 3.21. The molecule has 0 aromatic carbocycles. The van der Waals surface area contributed by atoms with Gasteiger partial charge in [-0.25, -0.2) is 9.97 Å². The summed E-state index contributed by atoms with van der Waals surface area (Å²) in [5.74, 6) is 1.74. The van der Waals surface area contributed by atoms with Crippen LogP contribution in [0.15, 0.2) is 6.33 Å². The van der Waals surface area contributed by atoms with Gasteiger partial charge in [-0.2, -0.15) is 4.98 Å². The van der Waals surface area contributed by atoms with E-state index in [1.165, 1.54) is 25.6 Å². The molecule has 1 aliphatic carbocycles. The van der Waals surface area contributed by atoms with Crippen LogP contribution < -0.4 is 11.1 Å². The van der Waals surface area contributed by atoms with E-state index in [9.17, 15) is 0 Å². The summed E-state index contributed by atoms with van der Waals surface area (Å²) in [6, 6.07) is 0.407. The zero-order chi connectivity index (χ0) is 9.97. The highest BCUT2D eigenvalue weighted by Crippen LogP contribution is 2.33. The molecule has 3 N–H and O–H groups in total. The van der Waals surface area contributed by atoms with Crippen molar-refractivity contribution < 1.29 is 0 Å². The Morgan fingerprint density at radius 1 is 1.57 bits per heavy atom. The summed E-state index contributed by atoms with van der Waals surface area (Å²) in [4.78, 5) is 11.7. The van der Waals surface area contributed by atoms with Gasteiger partial charge < -0.3 is 11.1 Å². The molecule has 0 aliphatic heterocycles. The number of aromatic nitrogens is 3. The van der Waals surface area contributed by atoms with E-state index in [4.69, 9.17) is 5.73 Å². The van der Waals surface area contributed by atoms with Gasteiger partial charge in [-0.15, -0.1) is 0 Å². The van der Waals surface area contributed by atoms with Crippen LogP contribution in [0.4, 0.5) is 11.9 Å². The van der Waals surface area contributed by atoms with Gasteiger partial charge in [0.2, 0.25) is 11.9 Å². The van der Waals surface area contributed by atoms with Gasteiger partial charge in [0.05, 0.1) is 0 Å². The molecule has 1 heterocycles. The topological polar surface area (TPSA) is 76.7 Å². The van der Waals surface area contributed by atoms with Crippen molar-refractivity contribution in [2.75, 3.05) is 11.1 Å². The highest BCUT2D eigenvalue weighted by atomic mass is 15.2. The van der Waals surface area contributed by atoms with Crippen molar-refractivity contribution in [2.45, 2.75) is 32.2 Å². The number of nitrogen functional groups attached to an aromatic ring is 1. The zero-order valence-electron chi connectivity index (χ0n) is 8.27. The van der Waals surface area contributed by atoms with Gasteiger partial charge in [-0.05, 0) is 19.3 Å². The van der Waals surface area contributed by atoms with Crippen molar-refractivity contribution in [1.82, 2.24) is 15.0 Å². The summed E-state index contributed by atoms with van der Waals surface area (Å²) in [6.45, 7) is 2.14. The van der Waals surface area contributed by atoms with Gasteiger partial charge in [0, 0.05) is 6.04 Å². The van der Waals surface area contributed by atoms with Crippen LogP contribution in [0, 0.1) is 5.92 Å². The van der Waals surface area contributed by atoms with E-state index in [0.29, 0.717) is 12.0 Å². The highest BCUT2D eigenvalue weighted by Gasteiger charge is 2.23. The highest BCUT2D eigenvalue weighted by molar-refractivity contribution is 5.29. The van der Waals surface area contributed by atoms with E-state index >= 15 is 0 Å². The molecule has 1 fully saturated rings.